The Kier molecular flexibility index (Phi) is 5.41. The van der Waals surface area contributed by atoms with Crippen LogP contribution in [0.5, 0.6) is 11.5 Å². The number of nitrogens with zero attached hydrogens (tertiary/aromatic N) is 1. The molecule has 0 aliphatic rings. The number of hydrogen-bond donors (Lipinski definition) is 1. The van der Waals surface area contributed by atoms with Crippen molar-refractivity contribution >= 4 is 11.4 Å². The molecule has 0 spiro atoms. The maximum Gasteiger partial charge on any atom is 0.311 e. The number of nitro benzene ring substituents is 1. The average Bonchev–Trinajstić information content (AvgIpc) is 2.54. The summed E-state index contributed by atoms with van der Waals surface area (Å²) < 4.78 is 10.6. The van der Waals surface area contributed by atoms with Gasteiger partial charge in [0, 0.05) is 24.4 Å². The highest BCUT2D eigenvalue weighted by atomic mass is 16.6. The van der Waals surface area contributed by atoms with E-state index in [1.165, 1.54) is 13.2 Å². The second kappa shape index (κ2) is 7.49. The Bertz CT molecular complexity index is 701. The van der Waals surface area contributed by atoms with E-state index in [4.69, 9.17) is 9.47 Å². The summed E-state index contributed by atoms with van der Waals surface area (Å²) in [5.41, 5.74) is 2.89. The first-order valence-electron chi connectivity index (χ1n) is 7.33. The van der Waals surface area contributed by atoms with Crippen LogP contribution in [0, 0.1) is 17.0 Å². The molecule has 0 amide bonds. The summed E-state index contributed by atoms with van der Waals surface area (Å²) in [5.74, 6) is 1.12. The molecule has 6 heteroatoms. The molecule has 0 fully saturated rings. The highest BCUT2D eigenvalue weighted by molar-refractivity contribution is 5.58. The lowest BCUT2D eigenvalue weighted by atomic mass is 10.1. The number of nitro groups is 1. The van der Waals surface area contributed by atoms with Crippen LogP contribution in [-0.2, 0) is 6.54 Å². The lowest BCUT2D eigenvalue weighted by molar-refractivity contribution is -0.385. The number of benzene rings is 2. The van der Waals surface area contributed by atoms with E-state index in [2.05, 4.69) is 11.4 Å². The van der Waals surface area contributed by atoms with Crippen molar-refractivity contribution in [1.82, 2.24) is 0 Å². The number of ether oxygens (including phenoxy) is 2. The molecule has 0 saturated heterocycles. The molecule has 0 bridgehead atoms. The number of rotatable bonds is 7. The minimum Gasteiger partial charge on any atom is -0.494 e. The Hall–Kier alpha value is -2.76. The fraction of sp³-hybridized carbons (Fsp3) is 0.294. The molecule has 0 aromatic heterocycles. The molecule has 122 valence electrons. The van der Waals surface area contributed by atoms with Gasteiger partial charge < -0.3 is 14.8 Å². The molecule has 0 atom stereocenters. The third kappa shape index (κ3) is 4.12. The quantitative estimate of drug-likeness (QED) is 0.619. The summed E-state index contributed by atoms with van der Waals surface area (Å²) in [7, 11) is 1.42. The molecule has 0 aliphatic heterocycles. The number of hydrogen-bond acceptors (Lipinski definition) is 5. The summed E-state index contributed by atoms with van der Waals surface area (Å²) in [6.07, 6.45) is 0. The van der Waals surface area contributed by atoms with Crippen molar-refractivity contribution in [2.24, 2.45) is 0 Å². The molecule has 23 heavy (non-hydrogen) atoms. The van der Waals surface area contributed by atoms with Gasteiger partial charge in [0.05, 0.1) is 18.6 Å². The zero-order valence-electron chi connectivity index (χ0n) is 13.5. The Labute approximate surface area is 135 Å². The van der Waals surface area contributed by atoms with E-state index in [1.807, 2.05) is 26.0 Å². The second-order valence-corrected chi connectivity index (χ2v) is 5.03. The van der Waals surface area contributed by atoms with Gasteiger partial charge in [0.25, 0.3) is 0 Å². The number of methoxy groups -OCH3 is 1. The van der Waals surface area contributed by atoms with Crippen molar-refractivity contribution in [3.8, 4) is 11.5 Å². The summed E-state index contributed by atoms with van der Waals surface area (Å²) in [6.45, 7) is 5.20. The third-order valence-corrected chi connectivity index (χ3v) is 3.41. The van der Waals surface area contributed by atoms with E-state index in [1.54, 1.807) is 12.1 Å². The van der Waals surface area contributed by atoms with Gasteiger partial charge in [-0.1, -0.05) is 12.1 Å². The molecular formula is C17H20N2O4. The van der Waals surface area contributed by atoms with Crippen molar-refractivity contribution in [3.63, 3.8) is 0 Å². The van der Waals surface area contributed by atoms with Gasteiger partial charge in [0.15, 0.2) is 5.75 Å². The fourth-order valence-electron chi connectivity index (χ4n) is 2.28. The van der Waals surface area contributed by atoms with Crippen LogP contribution in [0.3, 0.4) is 0 Å². The smallest absolute Gasteiger partial charge is 0.311 e. The van der Waals surface area contributed by atoms with Crippen LogP contribution in [0.2, 0.25) is 0 Å². The Morgan fingerprint density at radius 2 is 1.96 bits per heavy atom. The van der Waals surface area contributed by atoms with Crippen LogP contribution < -0.4 is 14.8 Å². The largest absolute Gasteiger partial charge is 0.494 e. The number of nitrogens with one attached hydrogen (secondary N) is 1. The zero-order chi connectivity index (χ0) is 16.8. The first kappa shape index (κ1) is 16.6. The molecule has 0 heterocycles. The first-order chi connectivity index (χ1) is 11.0. The van der Waals surface area contributed by atoms with Gasteiger partial charge in [-0.3, -0.25) is 10.1 Å². The van der Waals surface area contributed by atoms with Crippen LogP contribution in [0.15, 0.2) is 36.4 Å². The molecule has 0 unspecified atom stereocenters. The van der Waals surface area contributed by atoms with E-state index in [0.29, 0.717) is 13.2 Å². The lowest BCUT2D eigenvalue weighted by Gasteiger charge is -2.11. The predicted molar refractivity (Wildman–Crippen MR) is 89.3 cm³/mol. The van der Waals surface area contributed by atoms with Crippen LogP contribution in [0.4, 0.5) is 11.4 Å². The minimum atomic E-state index is -0.460. The number of aryl methyl sites for hydroxylation is 1. The van der Waals surface area contributed by atoms with Crippen LogP contribution in [0.25, 0.3) is 0 Å². The molecule has 2 rings (SSSR count). The summed E-state index contributed by atoms with van der Waals surface area (Å²) in [6, 6.07) is 10.7. The van der Waals surface area contributed by atoms with E-state index in [9.17, 15) is 10.1 Å². The Balaban J connectivity index is 2.09. The molecule has 2 aromatic rings. The average molecular weight is 316 g/mol. The van der Waals surface area contributed by atoms with E-state index >= 15 is 0 Å². The lowest BCUT2D eigenvalue weighted by Crippen LogP contribution is -2.02. The molecular weight excluding hydrogens is 296 g/mol. The molecule has 2 aromatic carbocycles. The van der Waals surface area contributed by atoms with E-state index in [-0.39, 0.29) is 11.4 Å². The van der Waals surface area contributed by atoms with Crippen molar-refractivity contribution in [2.45, 2.75) is 20.4 Å². The topological polar surface area (TPSA) is 73.6 Å². The minimum absolute atomic E-state index is 0.0463. The highest BCUT2D eigenvalue weighted by Gasteiger charge is 2.14. The summed E-state index contributed by atoms with van der Waals surface area (Å²) in [5, 5.41) is 14.1. The van der Waals surface area contributed by atoms with Crippen molar-refractivity contribution in [3.05, 3.63) is 57.6 Å². The van der Waals surface area contributed by atoms with Gasteiger partial charge in [0.1, 0.15) is 5.75 Å². The second-order valence-electron chi connectivity index (χ2n) is 5.03. The fourth-order valence-corrected chi connectivity index (χ4v) is 2.28. The maximum absolute atomic E-state index is 10.9. The normalized spacial score (nSPS) is 10.2. The van der Waals surface area contributed by atoms with Crippen LogP contribution in [0.1, 0.15) is 18.1 Å². The standard InChI is InChI=1S/C17H20N2O4/c1-4-23-16-8-5-13(9-12(16)2)11-18-14-6-7-15(19(20)21)17(10-14)22-3/h5-10,18H,4,11H2,1-3H3. The van der Waals surface area contributed by atoms with Gasteiger partial charge >= 0.3 is 5.69 Å². The van der Waals surface area contributed by atoms with Crippen molar-refractivity contribution in [1.29, 1.82) is 0 Å². The molecule has 6 nitrogen and oxygen atoms in total. The monoisotopic (exact) mass is 316 g/mol. The molecule has 1 N–H and O–H groups in total. The first-order valence-corrected chi connectivity index (χ1v) is 7.33. The van der Waals surface area contributed by atoms with Gasteiger partial charge in [-0.2, -0.15) is 0 Å². The summed E-state index contributed by atoms with van der Waals surface area (Å²) >= 11 is 0. The Morgan fingerprint density at radius 3 is 2.57 bits per heavy atom. The predicted octanol–water partition coefficient (Wildman–Crippen LogP) is 3.92. The van der Waals surface area contributed by atoms with Gasteiger partial charge in [-0.15, -0.1) is 0 Å². The molecule has 0 aliphatic carbocycles. The van der Waals surface area contributed by atoms with Gasteiger partial charge in [0.2, 0.25) is 0 Å². The van der Waals surface area contributed by atoms with Crippen molar-refractivity contribution < 1.29 is 14.4 Å². The SMILES string of the molecule is CCOc1ccc(CNc2ccc([N+](=O)[O-])c(OC)c2)cc1C. The van der Waals surface area contributed by atoms with Crippen molar-refractivity contribution in [2.75, 3.05) is 19.0 Å². The van der Waals surface area contributed by atoms with Gasteiger partial charge in [-0.25, -0.2) is 0 Å². The third-order valence-electron chi connectivity index (χ3n) is 3.41. The zero-order valence-corrected chi connectivity index (χ0v) is 13.5. The van der Waals surface area contributed by atoms with E-state index < -0.39 is 4.92 Å². The van der Waals surface area contributed by atoms with Crippen LogP contribution in [-0.4, -0.2) is 18.6 Å². The summed E-state index contributed by atoms with van der Waals surface area (Å²) in [4.78, 5) is 10.4. The highest BCUT2D eigenvalue weighted by Crippen LogP contribution is 2.30. The number of anilines is 1. The maximum atomic E-state index is 10.9. The molecule has 0 radical (unpaired) electrons. The van der Waals surface area contributed by atoms with Gasteiger partial charge in [-0.05, 0) is 37.1 Å². The van der Waals surface area contributed by atoms with E-state index in [0.717, 1.165) is 22.6 Å². The van der Waals surface area contributed by atoms with Crippen LogP contribution >= 0.6 is 0 Å². The molecule has 0 saturated carbocycles. The Morgan fingerprint density at radius 1 is 1.17 bits per heavy atom.